The van der Waals surface area contributed by atoms with Crippen molar-refractivity contribution in [3.8, 4) is 16.6 Å². The summed E-state index contributed by atoms with van der Waals surface area (Å²) in [5.41, 5.74) is 8.90. The number of hydrogen-bond acceptors (Lipinski definition) is 10. The van der Waals surface area contributed by atoms with Crippen LogP contribution in [0.2, 0.25) is 0 Å². The highest BCUT2D eigenvalue weighted by Crippen LogP contribution is 2.29. The topological polar surface area (TPSA) is 127 Å². The van der Waals surface area contributed by atoms with Crippen LogP contribution in [0, 0.1) is 0 Å². The quantitative estimate of drug-likeness (QED) is 0.429. The summed E-state index contributed by atoms with van der Waals surface area (Å²) >= 11 is 1.16. The highest BCUT2D eigenvalue weighted by Gasteiger charge is 2.19. The maximum atomic E-state index is 11.0. The zero-order valence-electron chi connectivity index (χ0n) is 18.9. The molecule has 1 fully saturated rings. The van der Waals surface area contributed by atoms with Crippen molar-refractivity contribution >= 4 is 40.3 Å². The maximum absolute atomic E-state index is 11.0. The highest BCUT2D eigenvalue weighted by molar-refractivity contribution is 7.11. The summed E-state index contributed by atoms with van der Waals surface area (Å²) in [4.78, 5) is 29.0. The number of rotatable bonds is 6. The summed E-state index contributed by atoms with van der Waals surface area (Å²) in [6.45, 7) is 8.70. The number of primary amides is 1. The van der Waals surface area contributed by atoms with E-state index >= 15 is 0 Å². The molecule has 1 aliphatic rings. The minimum Gasteiger partial charge on any atom is -0.381 e. The Morgan fingerprint density at radius 1 is 1.15 bits per heavy atom. The maximum Gasteiger partial charge on any atom is 0.411 e. The fourth-order valence-electron chi connectivity index (χ4n) is 3.98. The lowest BCUT2D eigenvalue weighted by Crippen LogP contribution is -2.48. The molecule has 0 aliphatic carbocycles. The summed E-state index contributed by atoms with van der Waals surface area (Å²) in [6.07, 6.45) is 2.20. The van der Waals surface area contributed by atoms with Crippen LogP contribution in [0.1, 0.15) is 13.8 Å². The first-order valence-electron chi connectivity index (χ1n) is 11.0. The molecule has 5 rings (SSSR count). The molecule has 1 aliphatic heterocycles. The largest absolute Gasteiger partial charge is 0.411 e. The Morgan fingerprint density at radius 3 is 2.62 bits per heavy atom. The van der Waals surface area contributed by atoms with Crippen molar-refractivity contribution < 1.29 is 9.53 Å². The molecular weight excluding hydrogens is 454 g/mol. The van der Waals surface area contributed by atoms with Crippen molar-refractivity contribution in [3.05, 3.63) is 42.2 Å². The Morgan fingerprint density at radius 2 is 1.91 bits per heavy atom. The first-order valence-corrected chi connectivity index (χ1v) is 11.8. The van der Waals surface area contributed by atoms with E-state index in [0.717, 1.165) is 43.2 Å². The smallest absolute Gasteiger partial charge is 0.381 e. The van der Waals surface area contributed by atoms with Crippen LogP contribution in [-0.2, 0) is 0 Å². The van der Waals surface area contributed by atoms with E-state index in [4.69, 9.17) is 10.5 Å². The van der Waals surface area contributed by atoms with E-state index in [9.17, 15) is 4.79 Å². The number of hydrogen-bond donors (Lipinski definition) is 2. The Hall–Kier alpha value is -3.77. The first kappa shape index (κ1) is 22.0. The van der Waals surface area contributed by atoms with Gasteiger partial charge in [-0.15, -0.1) is 0 Å². The van der Waals surface area contributed by atoms with Gasteiger partial charge in [-0.2, -0.15) is 5.10 Å². The molecule has 0 radical (unpaired) electrons. The summed E-state index contributed by atoms with van der Waals surface area (Å²) in [5, 5.41) is 9.53. The molecule has 34 heavy (non-hydrogen) atoms. The van der Waals surface area contributed by atoms with E-state index < -0.39 is 6.09 Å². The third-order valence-electron chi connectivity index (χ3n) is 5.78. The molecule has 3 aromatic heterocycles. The van der Waals surface area contributed by atoms with E-state index in [1.165, 1.54) is 12.0 Å². The van der Waals surface area contributed by atoms with Crippen LogP contribution >= 0.6 is 11.3 Å². The second-order valence-corrected chi connectivity index (χ2v) is 9.02. The summed E-state index contributed by atoms with van der Waals surface area (Å²) in [5.74, 6) is 0.573. The van der Waals surface area contributed by atoms with Gasteiger partial charge in [0.25, 0.3) is 5.19 Å². The van der Waals surface area contributed by atoms with Crippen LogP contribution in [0.15, 0.2) is 42.2 Å². The number of ether oxygens (including phenoxy) is 1. The van der Waals surface area contributed by atoms with Gasteiger partial charge in [0, 0.05) is 49.0 Å². The number of piperazine rings is 1. The van der Waals surface area contributed by atoms with Crippen LogP contribution in [0.4, 0.5) is 22.0 Å². The second kappa shape index (κ2) is 9.23. The standard InChI is InChI=1S/C22H25N9O2S/c1-14(2)29-7-9-30(10-8-29)16-5-3-15(4-6-16)27-19-20-25-13-26-31(20)18(11-24-19)17-12-34-22(28-17)33-21(23)32/h3-6,11-14H,7-10H2,1-2H3,(H2,23,32)(H,24,27). The molecule has 0 spiro atoms. The molecule has 0 unspecified atom stereocenters. The van der Waals surface area contributed by atoms with E-state index in [0.29, 0.717) is 28.9 Å². The monoisotopic (exact) mass is 479 g/mol. The zero-order valence-corrected chi connectivity index (χ0v) is 19.7. The molecule has 4 heterocycles. The third-order valence-corrected chi connectivity index (χ3v) is 6.49. The van der Waals surface area contributed by atoms with Gasteiger partial charge in [-0.05, 0) is 38.1 Å². The SMILES string of the molecule is CC(C)N1CCN(c2ccc(Nc3ncc(-c4csc(OC(N)=O)n4)n4ncnc34)cc2)CC1. The summed E-state index contributed by atoms with van der Waals surface area (Å²) in [7, 11) is 0. The average Bonchev–Trinajstić information content (AvgIpc) is 3.50. The van der Waals surface area contributed by atoms with Crippen LogP contribution < -0.4 is 20.7 Å². The number of amides is 1. The summed E-state index contributed by atoms with van der Waals surface area (Å²) < 4.78 is 6.48. The van der Waals surface area contributed by atoms with Crippen LogP contribution in [-0.4, -0.2) is 67.8 Å². The van der Waals surface area contributed by atoms with Gasteiger partial charge >= 0.3 is 6.09 Å². The van der Waals surface area contributed by atoms with E-state index in [1.807, 2.05) is 12.1 Å². The Labute approximate surface area is 200 Å². The molecule has 3 N–H and O–H groups in total. The second-order valence-electron chi connectivity index (χ2n) is 8.20. The number of aromatic nitrogens is 5. The predicted molar refractivity (Wildman–Crippen MR) is 131 cm³/mol. The lowest BCUT2D eigenvalue weighted by Gasteiger charge is -2.38. The molecule has 12 heteroatoms. The Bertz CT molecular complexity index is 1290. The number of thiazole rings is 1. The molecule has 4 aromatic rings. The van der Waals surface area contributed by atoms with Crippen molar-refractivity contribution in [1.29, 1.82) is 0 Å². The molecule has 0 saturated carbocycles. The number of nitrogens with zero attached hydrogens (tertiary/aromatic N) is 7. The Balaban J connectivity index is 1.32. The van der Waals surface area contributed by atoms with Crippen LogP contribution in [0.3, 0.4) is 0 Å². The van der Waals surface area contributed by atoms with Gasteiger partial charge in [-0.25, -0.2) is 24.3 Å². The fraction of sp³-hybridized carbons (Fsp3) is 0.318. The zero-order chi connectivity index (χ0) is 23.7. The lowest BCUT2D eigenvalue weighted by molar-refractivity contribution is 0.209. The molecule has 1 amide bonds. The molecule has 1 saturated heterocycles. The van der Waals surface area contributed by atoms with Gasteiger partial charge in [0.15, 0.2) is 11.5 Å². The van der Waals surface area contributed by atoms with Crippen molar-refractivity contribution in [2.75, 3.05) is 36.4 Å². The Kier molecular flexibility index (Phi) is 5.99. The van der Waals surface area contributed by atoms with Gasteiger partial charge in [0.2, 0.25) is 0 Å². The van der Waals surface area contributed by atoms with E-state index in [-0.39, 0.29) is 5.19 Å². The van der Waals surface area contributed by atoms with Gasteiger partial charge < -0.3 is 20.7 Å². The number of carbonyl (C=O) groups excluding carboxylic acids is 1. The van der Waals surface area contributed by atoms with E-state index in [1.54, 1.807) is 16.1 Å². The average molecular weight is 480 g/mol. The number of nitrogens with one attached hydrogen (secondary N) is 1. The molecular formula is C22H25N9O2S. The van der Waals surface area contributed by atoms with E-state index in [2.05, 4.69) is 61.1 Å². The van der Waals surface area contributed by atoms with Crippen LogP contribution in [0.5, 0.6) is 5.19 Å². The van der Waals surface area contributed by atoms with Gasteiger partial charge in [0.1, 0.15) is 17.7 Å². The lowest BCUT2D eigenvalue weighted by atomic mass is 10.2. The summed E-state index contributed by atoms with van der Waals surface area (Å²) in [6, 6.07) is 8.92. The predicted octanol–water partition coefficient (Wildman–Crippen LogP) is 2.98. The molecule has 1 aromatic carbocycles. The first-order chi connectivity index (χ1) is 16.5. The number of fused-ring (bicyclic) bond motifs is 1. The highest BCUT2D eigenvalue weighted by atomic mass is 32.1. The van der Waals surface area contributed by atoms with Crippen molar-refractivity contribution in [3.63, 3.8) is 0 Å². The minimum absolute atomic E-state index is 0.156. The number of anilines is 3. The van der Waals surface area contributed by atoms with Crippen LogP contribution in [0.25, 0.3) is 17.0 Å². The third kappa shape index (κ3) is 4.50. The van der Waals surface area contributed by atoms with Gasteiger partial charge in [-0.1, -0.05) is 11.3 Å². The number of carbonyl (C=O) groups is 1. The molecule has 0 atom stereocenters. The molecule has 11 nitrogen and oxygen atoms in total. The van der Waals surface area contributed by atoms with Crippen molar-refractivity contribution in [1.82, 2.24) is 29.5 Å². The fourth-order valence-corrected chi connectivity index (χ4v) is 4.64. The number of benzene rings is 1. The molecule has 176 valence electrons. The van der Waals surface area contributed by atoms with Gasteiger partial charge in [0.05, 0.1) is 6.20 Å². The number of nitrogens with two attached hydrogens (primary N) is 1. The van der Waals surface area contributed by atoms with Crippen molar-refractivity contribution in [2.45, 2.75) is 19.9 Å². The normalized spacial score (nSPS) is 14.6. The van der Waals surface area contributed by atoms with Gasteiger partial charge in [-0.3, -0.25) is 4.90 Å². The molecule has 0 bridgehead atoms. The van der Waals surface area contributed by atoms with Crippen molar-refractivity contribution in [2.24, 2.45) is 5.73 Å². The minimum atomic E-state index is -0.909.